The van der Waals surface area contributed by atoms with Crippen molar-refractivity contribution in [2.24, 2.45) is 5.84 Å². The number of aromatic nitrogens is 2. The zero-order chi connectivity index (χ0) is 13.4. The molecule has 0 unspecified atom stereocenters. The Hall–Kier alpha value is -1.36. The Kier molecular flexibility index (Phi) is 6.43. The topological polar surface area (TPSA) is 67.1 Å². The van der Waals surface area contributed by atoms with E-state index in [1.807, 2.05) is 6.07 Å². The molecule has 1 heterocycles. The number of aryl methyl sites for hydroxylation is 1. The Balaban J connectivity index is 2.93. The summed E-state index contributed by atoms with van der Waals surface area (Å²) < 4.78 is 0. The average Bonchev–Trinajstić information content (AvgIpc) is 2.39. The van der Waals surface area contributed by atoms with Crippen LogP contribution in [0, 0.1) is 0 Å². The molecule has 1 rings (SSSR count). The van der Waals surface area contributed by atoms with Gasteiger partial charge in [0, 0.05) is 25.6 Å². The second kappa shape index (κ2) is 7.87. The van der Waals surface area contributed by atoms with E-state index in [2.05, 4.69) is 41.1 Å². The van der Waals surface area contributed by atoms with E-state index in [1.165, 1.54) is 12.8 Å². The first-order valence-electron chi connectivity index (χ1n) is 6.84. The van der Waals surface area contributed by atoms with Gasteiger partial charge in [0.1, 0.15) is 17.5 Å². The fraction of sp³-hybridized carbons (Fsp3) is 0.692. The number of hydrogen-bond acceptors (Lipinski definition) is 5. The summed E-state index contributed by atoms with van der Waals surface area (Å²) in [6, 6.07) is 1.92. The average molecular weight is 251 g/mol. The van der Waals surface area contributed by atoms with Gasteiger partial charge in [-0.1, -0.05) is 20.3 Å². The van der Waals surface area contributed by atoms with Crippen LogP contribution in [-0.2, 0) is 6.42 Å². The summed E-state index contributed by atoms with van der Waals surface area (Å²) >= 11 is 0. The second-order valence-corrected chi connectivity index (χ2v) is 4.36. The third-order valence-electron chi connectivity index (χ3n) is 2.87. The van der Waals surface area contributed by atoms with E-state index in [1.54, 1.807) is 0 Å². The van der Waals surface area contributed by atoms with Gasteiger partial charge < -0.3 is 10.3 Å². The van der Waals surface area contributed by atoms with E-state index in [-0.39, 0.29) is 0 Å². The molecule has 0 bridgehead atoms. The van der Waals surface area contributed by atoms with Crippen molar-refractivity contribution >= 4 is 11.6 Å². The van der Waals surface area contributed by atoms with Crippen molar-refractivity contribution in [2.75, 3.05) is 23.4 Å². The quantitative estimate of drug-likeness (QED) is 0.548. The summed E-state index contributed by atoms with van der Waals surface area (Å²) in [4.78, 5) is 11.2. The number of nitrogens with zero attached hydrogens (tertiary/aromatic N) is 3. The normalized spacial score (nSPS) is 10.4. The van der Waals surface area contributed by atoms with Gasteiger partial charge >= 0.3 is 0 Å². The summed E-state index contributed by atoms with van der Waals surface area (Å²) in [5.41, 5.74) is 2.62. The molecule has 5 heteroatoms. The molecule has 0 spiro atoms. The summed E-state index contributed by atoms with van der Waals surface area (Å²) in [5, 5.41) is 0. The van der Waals surface area contributed by atoms with E-state index in [0.29, 0.717) is 5.82 Å². The molecule has 0 saturated heterocycles. The maximum atomic E-state index is 5.47. The molecule has 1 aromatic rings. The van der Waals surface area contributed by atoms with Crippen LogP contribution in [0.5, 0.6) is 0 Å². The molecule has 0 saturated carbocycles. The minimum atomic E-state index is 0.693. The zero-order valence-electron chi connectivity index (χ0n) is 11.7. The van der Waals surface area contributed by atoms with E-state index in [9.17, 15) is 0 Å². The number of rotatable bonds is 8. The predicted molar refractivity (Wildman–Crippen MR) is 76.6 cm³/mol. The van der Waals surface area contributed by atoms with Crippen molar-refractivity contribution in [1.29, 1.82) is 0 Å². The first-order chi connectivity index (χ1) is 8.74. The molecule has 5 nitrogen and oxygen atoms in total. The lowest BCUT2D eigenvalue weighted by Crippen LogP contribution is -2.26. The van der Waals surface area contributed by atoms with Gasteiger partial charge in [-0.05, 0) is 19.8 Å². The summed E-state index contributed by atoms with van der Waals surface area (Å²) in [7, 11) is 0. The van der Waals surface area contributed by atoms with Crippen molar-refractivity contribution in [1.82, 2.24) is 9.97 Å². The van der Waals surface area contributed by atoms with Crippen LogP contribution >= 0.6 is 0 Å². The Morgan fingerprint density at radius 1 is 1.22 bits per heavy atom. The molecule has 102 valence electrons. The number of hydrogen-bond donors (Lipinski definition) is 2. The lowest BCUT2D eigenvalue weighted by atomic mass is 10.3. The Morgan fingerprint density at radius 3 is 2.56 bits per heavy atom. The highest BCUT2D eigenvalue weighted by Gasteiger charge is 2.09. The van der Waals surface area contributed by atoms with E-state index >= 15 is 0 Å². The van der Waals surface area contributed by atoms with Gasteiger partial charge in [-0.2, -0.15) is 0 Å². The second-order valence-electron chi connectivity index (χ2n) is 4.36. The van der Waals surface area contributed by atoms with Crippen LogP contribution in [0.1, 0.15) is 45.9 Å². The zero-order valence-corrected chi connectivity index (χ0v) is 11.7. The van der Waals surface area contributed by atoms with Crippen molar-refractivity contribution in [3.8, 4) is 0 Å². The molecule has 0 aliphatic rings. The lowest BCUT2D eigenvalue weighted by molar-refractivity contribution is 0.716. The van der Waals surface area contributed by atoms with Gasteiger partial charge in [-0.15, -0.1) is 0 Å². The van der Waals surface area contributed by atoms with Gasteiger partial charge in [0.05, 0.1) is 0 Å². The van der Waals surface area contributed by atoms with Gasteiger partial charge in [0.15, 0.2) is 0 Å². The standard InChI is InChI=1S/C13H25N5/c1-4-7-9-18(6-3)13-10-12(17-14)15-11(16-13)8-5-2/h10H,4-9,14H2,1-3H3,(H,15,16,17). The predicted octanol–water partition coefficient (Wildman–Crippen LogP) is 2.34. The Bertz CT molecular complexity index is 353. The highest BCUT2D eigenvalue weighted by molar-refractivity contribution is 5.48. The van der Waals surface area contributed by atoms with Crippen LogP contribution in [0.25, 0.3) is 0 Å². The molecule has 18 heavy (non-hydrogen) atoms. The van der Waals surface area contributed by atoms with Gasteiger partial charge in [0.25, 0.3) is 0 Å². The number of nitrogens with one attached hydrogen (secondary N) is 1. The number of hydrazine groups is 1. The molecule has 0 amide bonds. The molecule has 0 fully saturated rings. The molecule has 0 aliphatic heterocycles. The van der Waals surface area contributed by atoms with Gasteiger partial charge in [-0.3, -0.25) is 0 Å². The number of anilines is 2. The minimum Gasteiger partial charge on any atom is -0.357 e. The van der Waals surface area contributed by atoms with E-state index < -0.39 is 0 Å². The molecule has 0 aromatic carbocycles. The summed E-state index contributed by atoms with van der Waals surface area (Å²) in [5.74, 6) is 7.99. The molecule has 1 aromatic heterocycles. The van der Waals surface area contributed by atoms with Crippen molar-refractivity contribution < 1.29 is 0 Å². The first-order valence-corrected chi connectivity index (χ1v) is 6.84. The number of unbranched alkanes of at least 4 members (excludes halogenated alkanes) is 1. The number of nitrogen functional groups attached to an aromatic ring is 1. The van der Waals surface area contributed by atoms with Crippen molar-refractivity contribution in [3.05, 3.63) is 11.9 Å². The van der Waals surface area contributed by atoms with Crippen molar-refractivity contribution in [3.63, 3.8) is 0 Å². The summed E-state index contributed by atoms with van der Waals surface area (Å²) in [6.45, 7) is 8.45. The van der Waals surface area contributed by atoms with Crippen LogP contribution in [0.3, 0.4) is 0 Å². The smallest absolute Gasteiger partial charge is 0.145 e. The molecular formula is C13H25N5. The maximum Gasteiger partial charge on any atom is 0.145 e. The van der Waals surface area contributed by atoms with Crippen LogP contribution in [-0.4, -0.2) is 23.1 Å². The fourth-order valence-corrected chi connectivity index (χ4v) is 1.84. The third kappa shape index (κ3) is 4.14. The molecule has 3 N–H and O–H groups in total. The van der Waals surface area contributed by atoms with Crippen molar-refractivity contribution in [2.45, 2.75) is 46.5 Å². The summed E-state index contributed by atoms with van der Waals surface area (Å²) in [6.07, 6.45) is 4.28. The van der Waals surface area contributed by atoms with Crippen LogP contribution in [0.2, 0.25) is 0 Å². The van der Waals surface area contributed by atoms with Gasteiger partial charge in [0.2, 0.25) is 0 Å². The SMILES string of the molecule is CCCCN(CC)c1cc(NN)nc(CCC)n1. The molecular weight excluding hydrogens is 226 g/mol. The van der Waals surface area contributed by atoms with E-state index in [0.717, 1.165) is 37.6 Å². The van der Waals surface area contributed by atoms with Crippen LogP contribution < -0.4 is 16.2 Å². The lowest BCUT2D eigenvalue weighted by Gasteiger charge is -2.22. The number of nitrogens with two attached hydrogens (primary N) is 1. The third-order valence-corrected chi connectivity index (χ3v) is 2.87. The first kappa shape index (κ1) is 14.7. The Labute approximate surface area is 110 Å². The molecule has 0 radical (unpaired) electrons. The molecule has 0 aliphatic carbocycles. The largest absolute Gasteiger partial charge is 0.357 e. The molecule has 0 atom stereocenters. The monoisotopic (exact) mass is 251 g/mol. The highest BCUT2D eigenvalue weighted by Crippen LogP contribution is 2.16. The fourth-order valence-electron chi connectivity index (χ4n) is 1.84. The van der Waals surface area contributed by atoms with Gasteiger partial charge in [-0.25, -0.2) is 15.8 Å². The van der Waals surface area contributed by atoms with E-state index in [4.69, 9.17) is 5.84 Å². The van der Waals surface area contributed by atoms with Crippen LogP contribution in [0.15, 0.2) is 6.07 Å². The maximum absolute atomic E-state index is 5.47. The highest BCUT2D eigenvalue weighted by atomic mass is 15.3. The Morgan fingerprint density at radius 2 is 2.00 bits per heavy atom. The minimum absolute atomic E-state index is 0.693. The van der Waals surface area contributed by atoms with Crippen LogP contribution in [0.4, 0.5) is 11.6 Å².